The van der Waals surface area contributed by atoms with Gasteiger partial charge >= 0.3 is 0 Å². The van der Waals surface area contributed by atoms with E-state index in [1.54, 1.807) is 0 Å². The fraction of sp³-hybridized carbons (Fsp3) is 0.583. The van der Waals surface area contributed by atoms with Crippen molar-refractivity contribution >= 4 is 34.8 Å². The Morgan fingerprint density at radius 2 is 2.16 bits per heavy atom. The molecule has 106 valence electrons. The summed E-state index contributed by atoms with van der Waals surface area (Å²) in [5, 5.41) is 8.03. The lowest BCUT2D eigenvalue weighted by molar-refractivity contribution is -0.122. The number of rotatable bonds is 7. The van der Waals surface area contributed by atoms with Crippen molar-refractivity contribution < 1.29 is 9.59 Å². The largest absolute Gasteiger partial charge is 0.355 e. The number of hydrogen-bond donors (Lipinski definition) is 2. The van der Waals surface area contributed by atoms with Crippen LogP contribution in [-0.2, 0) is 21.9 Å². The predicted molar refractivity (Wildman–Crippen MR) is 76.3 cm³/mol. The highest BCUT2D eigenvalue weighted by Gasteiger charge is 2.08. The number of amides is 2. The average Bonchev–Trinajstić information content (AvgIpc) is 2.75. The van der Waals surface area contributed by atoms with Crippen molar-refractivity contribution in [1.82, 2.24) is 15.6 Å². The molecule has 0 aromatic carbocycles. The van der Waals surface area contributed by atoms with Gasteiger partial charge in [0, 0.05) is 24.4 Å². The van der Waals surface area contributed by atoms with Gasteiger partial charge in [-0.1, -0.05) is 0 Å². The minimum Gasteiger partial charge on any atom is -0.355 e. The third-order valence-corrected chi connectivity index (χ3v) is 3.34. The lowest BCUT2D eigenvalue weighted by Crippen LogP contribution is -2.34. The van der Waals surface area contributed by atoms with E-state index in [0.29, 0.717) is 12.4 Å². The number of carbonyl (C=O) groups excluding carboxylic acids is 2. The first kappa shape index (κ1) is 15.9. The van der Waals surface area contributed by atoms with E-state index in [2.05, 4.69) is 15.6 Å². The van der Waals surface area contributed by atoms with E-state index < -0.39 is 0 Å². The Bertz CT molecular complexity index is 434. The third kappa shape index (κ3) is 6.54. The highest BCUT2D eigenvalue weighted by molar-refractivity contribution is 7.09. The molecule has 19 heavy (non-hydrogen) atoms. The lowest BCUT2D eigenvalue weighted by atomic mass is 10.3. The van der Waals surface area contributed by atoms with E-state index >= 15 is 0 Å². The van der Waals surface area contributed by atoms with Crippen LogP contribution in [0, 0.1) is 0 Å². The quantitative estimate of drug-likeness (QED) is 0.749. The normalized spacial score (nSPS) is 10.5. The molecule has 0 spiro atoms. The van der Waals surface area contributed by atoms with Gasteiger partial charge in [0.2, 0.25) is 11.8 Å². The summed E-state index contributed by atoms with van der Waals surface area (Å²) in [5.74, 6) is 0.162. The van der Waals surface area contributed by atoms with Crippen LogP contribution in [0.3, 0.4) is 0 Å². The highest BCUT2D eigenvalue weighted by Crippen LogP contribution is 2.11. The summed E-state index contributed by atoms with van der Waals surface area (Å²) < 4.78 is 0. The molecule has 1 aromatic heterocycles. The number of carbonyl (C=O) groups is 2. The molecule has 0 fully saturated rings. The van der Waals surface area contributed by atoms with Gasteiger partial charge in [-0.15, -0.1) is 22.9 Å². The van der Waals surface area contributed by atoms with Crippen molar-refractivity contribution in [2.75, 3.05) is 6.54 Å². The van der Waals surface area contributed by atoms with Gasteiger partial charge in [-0.05, 0) is 13.8 Å². The number of halogens is 1. The number of hydrogen-bond acceptors (Lipinski definition) is 4. The van der Waals surface area contributed by atoms with Gasteiger partial charge < -0.3 is 10.6 Å². The van der Waals surface area contributed by atoms with Crippen LogP contribution in [0.25, 0.3) is 0 Å². The van der Waals surface area contributed by atoms with Crippen molar-refractivity contribution in [1.29, 1.82) is 0 Å². The molecule has 0 atom stereocenters. The van der Waals surface area contributed by atoms with Crippen molar-refractivity contribution in [3.8, 4) is 0 Å². The first-order chi connectivity index (χ1) is 9.01. The SMILES string of the molecule is CC(C)NC(=O)CCNC(=O)Cc1nc(CCl)cs1. The maximum atomic E-state index is 11.6. The smallest absolute Gasteiger partial charge is 0.226 e. The molecule has 0 saturated carbocycles. The van der Waals surface area contributed by atoms with Crippen LogP contribution in [0.15, 0.2) is 5.38 Å². The molecule has 0 radical (unpaired) electrons. The van der Waals surface area contributed by atoms with Gasteiger partial charge in [0.25, 0.3) is 0 Å². The van der Waals surface area contributed by atoms with E-state index in [1.807, 2.05) is 19.2 Å². The number of aromatic nitrogens is 1. The Hall–Kier alpha value is -1.14. The van der Waals surface area contributed by atoms with E-state index in [4.69, 9.17) is 11.6 Å². The fourth-order valence-electron chi connectivity index (χ4n) is 1.40. The molecule has 0 unspecified atom stereocenters. The molecule has 0 bridgehead atoms. The van der Waals surface area contributed by atoms with Crippen LogP contribution < -0.4 is 10.6 Å². The number of alkyl halides is 1. The number of nitrogens with zero attached hydrogens (tertiary/aromatic N) is 1. The van der Waals surface area contributed by atoms with Crippen LogP contribution in [-0.4, -0.2) is 29.4 Å². The summed E-state index contributed by atoms with van der Waals surface area (Å²) in [6, 6.07) is 0.118. The second-order valence-corrected chi connectivity index (χ2v) is 5.58. The standard InChI is InChI=1S/C12H18ClN3O2S/c1-8(2)15-10(17)3-4-14-11(18)5-12-16-9(6-13)7-19-12/h7-8H,3-6H2,1-2H3,(H,14,18)(H,15,17). The highest BCUT2D eigenvalue weighted by atomic mass is 35.5. The minimum absolute atomic E-state index is 0.0611. The Morgan fingerprint density at radius 1 is 1.42 bits per heavy atom. The van der Waals surface area contributed by atoms with Crippen LogP contribution in [0.1, 0.15) is 31.0 Å². The predicted octanol–water partition coefficient (Wildman–Crippen LogP) is 1.46. The molecule has 0 saturated heterocycles. The first-order valence-electron chi connectivity index (χ1n) is 6.06. The van der Waals surface area contributed by atoms with Crippen LogP contribution in [0.2, 0.25) is 0 Å². The van der Waals surface area contributed by atoms with Gasteiger partial charge in [-0.2, -0.15) is 0 Å². The maximum Gasteiger partial charge on any atom is 0.226 e. The van der Waals surface area contributed by atoms with Crippen molar-refractivity contribution in [3.05, 3.63) is 16.1 Å². The van der Waals surface area contributed by atoms with Crippen molar-refractivity contribution in [2.45, 2.75) is 38.6 Å². The average molecular weight is 304 g/mol. The molecule has 0 aliphatic heterocycles. The monoisotopic (exact) mass is 303 g/mol. The summed E-state index contributed by atoms with van der Waals surface area (Å²) in [5.41, 5.74) is 0.783. The molecular weight excluding hydrogens is 286 g/mol. The van der Waals surface area contributed by atoms with Crippen LogP contribution >= 0.6 is 22.9 Å². The first-order valence-corrected chi connectivity index (χ1v) is 7.48. The molecular formula is C12H18ClN3O2S. The minimum atomic E-state index is -0.132. The van der Waals surface area contributed by atoms with Crippen LogP contribution in [0.4, 0.5) is 0 Å². The Balaban J connectivity index is 2.23. The fourth-order valence-corrected chi connectivity index (χ4v) is 2.42. The van der Waals surface area contributed by atoms with E-state index in [0.717, 1.165) is 10.7 Å². The zero-order valence-corrected chi connectivity index (χ0v) is 12.6. The Morgan fingerprint density at radius 3 is 2.74 bits per heavy atom. The van der Waals surface area contributed by atoms with Gasteiger partial charge in [-0.3, -0.25) is 9.59 Å². The Labute approximate surface area is 121 Å². The van der Waals surface area contributed by atoms with Gasteiger partial charge in [-0.25, -0.2) is 4.98 Å². The summed E-state index contributed by atoms with van der Waals surface area (Å²) >= 11 is 7.05. The number of thiazole rings is 1. The zero-order chi connectivity index (χ0) is 14.3. The molecule has 0 aliphatic carbocycles. The topological polar surface area (TPSA) is 71.1 Å². The van der Waals surface area contributed by atoms with E-state index in [-0.39, 0.29) is 30.7 Å². The van der Waals surface area contributed by atoms with Gasteiger partial charge in [0.15, 0.2) is 0 Å². The zero-order valence-electron chi connectivity index (χ0n) is 11.0. The lowest BCUT2D eigenvalue weighted by Gasteiger charge is -2.08. The molecule has 0 aliphatic rings. The summed E-state index contributed by atoms with van der Waals surface area (Å²) in [7, 11) is 0. The van der Waals surface area contributed by atoms with Gasteiger partial charge in [0.05, 0.1) is 18.0 Å². The maximum absolute atomic E-state index is 11.6. The summed E-state index contributed by atoms with van der Waals surface area (Å²) in [6.07, 6.45) is 0.516. The van der Waals surface area contributed by atoms with Crippen molar-refractivity contribution in [3.63, 3.8) is 0 Å². The molecule has 5 nitrogen and oxygen atoms in total. The van der Waals surface area contributed by atoms with E-state index in [9.17, 15) is 9.59 Å². The molecule has 1 heterocycles. The molecule has 2 N–H and O–H groups in total. The summed E-state index contributed by atoms with van der Waals surface area (Å²) in [4.78, 5) is 27.2. The van der Waals surface area contributed by atoms with Crippen molar-refractivity contribution in [2.24, 2.45) is 0 Å². The molecule has 1 aromatic rings. The second kappa shape index (κ2) is 8.12. The van der Waals surface area contributed by atoms with E-state index in [1.165, 1.54) is 11.3 Å². The number of nitrogens with one attached hydrogen (secondary N) is 2. The van der Waals surface area contributed by atoms with Gasteiger partial charge in [0.1, 0.15) is 5.01 Å². The van der Waals surface area contributed by atoms with Crippen LogP contribution in [0.5, 0.6) is 0 Å². The molecule has 2 amide bonds. The summed E-state index contributed by atoms with van der Waals surface area (Å²) in [6.45, 7) is 4.13. The molecule has 1 rings (SSSR count). The third-order valence-electron chi connectivity index (χ3n) is 2.17. The Kier molecular flexibility index (Phi) is 6.80. The second-order valence-electron chi connectivity index (χ2n) is 4.37. The molecule has 7 heteroatoms.